The molecule has 0 unspecified atom stereocenters. The molecule has 1 aromatic rings. The Bertz CT molecular complexity index is 299. The molecule has 0 saturated carbocycles. The molecule has 3 heteroatoms. The average molecular weight is 167 g/mol. The van der Waals surface area contributed by atoms with Gasteiger partial charge in [0.1, 0.15) is 5.82 Å². The van der Waals surface area contributed by atoms with E-state index >= 15 is 0 Å². The minimum Gasteiger partial charge on any atom is -0.318 e. The summed E-state index contributed by atoms with van der Waals surface area (Å²) in [5.74, 6) is -0.291. The van der Waals surface area contributed by atoms with Crippen molar-refractivity contribution in [1.82, 2.24) is 0 Å². The zero-order valence-corrected chi connectivity index (χ0v) is 7.04. The van der Waals surface area contributed by atoms with E-state index in [9.17, 15) is 9.18 Å². The van der Waals surface area contributed by atoms with Crippen molar-refractivity contribution in [2.75, 3.05) is 11.9 Å². The van der Waals surface area contributed by atoms with Crippen LogP contribution in [-0.2, 0) is 4.79 Å². The van der Waals surface area contributed by atoms with Crippen molar-refractivity contribution in [3.8, 4) is 0 Å². The molecule has 0 saturated heterocycles. The third-order valence-electron chi connectivity index (χ3n) is 1.78. The number of benzene rings is 1. The number of carbonyl (C=O) groups is 1. The summed E-state index contributed by atoms with van der Waals surface area (Å²) in [6.45, 7) is 1.64. The van der Waals surface area contributed by atoms with Gasteiger partial charge in [0.2, 0.25) is 6.41 Å². The van der Waals surface area contributed by atoms with Gasteiger partial charge in [0.05, 0.1) is 0 Å². The lowest BCUT2D eigenvalue weighted by molar-refractivity contribution is -0.107. The van der Waals surface area contributed by atoms with E-state index in [2.05, 4.69) is 0 Å². The SMILES string of the molecule is Cc1c(F)cccc1N(C)C=O. The lowest BCUT2D eigenvalue weighted by atomic mass is 10.2. The molecule has 0 aliphatic rings. The quantitative estimate of drug-likeness (QED) is 0.614. The Morgan fingerprint density at radius 2 is 2.17 bits per heavy atom. The topological polar surface area (TPSA) is 20.3 Å². The fourth-order valence-corrected chi connectivity index (χ4v) is 1.03. The van der Waals surface area contributed by atoms with Crippen LogP contribution in [0.15, 0.2) is 18.2 Å². The third-order valence-corrected chi connectivity index (χ3v) is 1.78. The van der Waals surface area contributed by atoms with Gasteiger partial charge in [0.15, 0.2) is 0 Å². The maximum atomic E-state index is 12.9. The second kappa shape index (κ2) is 3.34. The first-order chi connectivity index (χ1) is 5.66. The van der Waals surface area contributed by atoms with Gasteiger partial charge in [-0.25, -0.2) is 4.39 Å². The Morgan fingerprint density at radius 1 is 1.50 bits per heavy atom. The molecule has 1 aromatic carbocycles. The number of hydrogen-bond donors (Lipinski definition) is 0. The van der Waals surface area contributed by atoms with E-state index in [0.717, 1.165) is 0 Å². The number of carbonyl (C=O) groups excluding carboxylic acids is 1. The summed E-state index contributed by atoms with van der Waals surface area (Å²) in [7, 11) is 1.59. The molecule has 0 bridgehead atoms. The monoisotopic (exact) mass is 167 g/mol. The zero-order valence-electron chi connectivity index (χ0n) is 7.04. The van der Waals surface area contributed by atoms with E-state index in [1.165, 1.54) is 11.0 Å². The predicted molar refractivity (Wildman–Crippen MR) is 45.6 cm³/mol. The van der Waals surface area contributed by atoms with Gasteiger partial charge in [-0.1, -0.05) is 6.07 Å². The molecular weight excluding hydrogens is 157 g/mol. The van der Waals surface area contributed by atoms with Crippen molar-refractivity contribution in [3.63, 3.8) is 0 Å². The van der Waals surface area contributed by atoms with Crippen molar-refractivity contribution in [2.45, 2.75) is 6.92 Å². The number of anilines is 1. The summed E-state index contributed by atoms with van der Waals surface area (Å²) >= 11 is 0. The van der Waals surface area contributed by atoms with E-state index in [1.807, 2.05) is 0 Å². The Morgan fingerprint density at radius 3 is 2.75 bits per heavy atom. The van der Waals surface area contributed by atoms with E-state index < -0.39 is 0 Å². The zero-order chi connectivity index (χ0) is 9.14. The lowest BCUT2D eigenvalue weighted by Crippen LogP contribution is -2.15. The molecule has 0 N–H and O–H groups in total. The summed E-state index contributed by atoms with van der Waals surface area (Å²) in [6.07, 6.45) is 0.655. The Hall–Kier alpha value is -1.38. The van der Waals surface area contributed by atoms with Crippen LogP contribution in [0.25, 0.3) is 0 Å². The van der Waals surface area contributed by atoms with Crippen LogP contribution in [0.1, 0.15) is 5.56 Å². The molecule has 0 aliphatic carbocycles. The standard InChI is InChI=1S/C9H10FNO/c1-7-8(10)4-3-5-9(7)11(2)6-12/h3-6H,1-2H3. The number of amides is 1. The van der Waals surface area contributed by atoms with E-state index in [1.54, 1.807) is 26.1 Å². The smallest absolute Gasteiger partial charge is 0.213 e. The molecule has 0 atom stereocenters. The Balaban J connectivity index is 3.15. The van der Waals surface area contributed by atoms with Crippen LogP contribution >= 0.6 is 0 Å². The Kier molecular flexibility index (Phi) is 2.43. The highest BCUT2D eigenvalue weighted by atomic mass is 19.1. The lowest BCUT2D eigenvalue weighted by Gasteiger charge is -2.13. The number of nitrogens with zero attached hydrogens (tertiary/aromatic N) is 1. The molecular formula is C9H10FNO. The molecule has 1 amide bonds. The minimum absolute atomic E-state index is 0.291. The van der Waals surface area contributed by atoms with Crippen molar-refractivity contribution in [1.29, 1.82) is 0 Å². The number of rotatable bonds is 2. The van der Waals surface area contributed by atoms with Crippen LogP contribution in [0.2, 0.25) is 0 Å². The summed E-state index contributed by atoms with van der Waals surface area (Å²) in [4.78, 5) is 11.7. The van der Waals surface area contributed by atoms with Crippen molar-refractivity contribution in [3.05, 3.63) is 29.6 Å². The van der Waals surface area contributed by atoms with E-state index in [0.29, 0.717) is 17.7 Å². The molecule has 0 aliphatic heterocycles. The van der Waals surface area contributed by atoms with Crippen molar-refractivity contribution in [2.24, 2.45) is 0 Å². The first kappa shape index (κ1) is 8.71. The Labute approximate surface area is 70.6 Å². The van der Waals surface area contributed by atoms with Gasteiger partial charge in [0, 0.05) is 18.3 Å². The molecule has 0 fully saturated rings. The van der Waals surface area contributed by atoms with Gasteiger partial charge >= 0.3 is 0 Å². The van der Waals surface area contributed by atoms with Crippen LogP contribution in [0.4, 0.5) is 10.1 Å². The van der Waals surface area contributed by atoms with Gasteiger partial charge in [-0.05, 0) is 19.1 Å². The molecule has 0 spiro atoms. The van der Waals surface area contributed by atoms with Gasteiger partial charge in [-0.3, -0.25) is 4.79 Å². The van der Waals surface area contributed by atoms with E-state index in [4.69, 9.17) is 0 Å². The summed E-state index contributed by atoms with van der Waals surface area (Å²) in [5.41, 5.74) is 1.09. The molecule has 0 radical (unpaired) electrons. The van der Waals surface area contributed by atoms with E-state index in [-0.39, 0.29) is 5.82 Å². The second-order valence-corrected chi connectivity index (χ2v) is 2.60. The molecule has 0 aromatic heterocycles. The molecule has 2 nitrogen and oxygen atoms in total. The fraction of sp³-hybridized carbons (Fsp3) is 0.222. The van der Waals surface area contributed by atoms with Crippen LogP contribution < -0.4 is 4.90 Å². The molecule has 1 rings (SSSR count). The molecule has 0 heterocycles. The van der Waals surface area contributed by atoms with Crippen molar-refractivity contribution >= 4 is 12.1 Å². The predicted octanol–water partition coefficient (Wildman–Crippen LogP) is 1.73. The van der Waals surface area contributed by atoms with Gasteiger partial charge < -0.3 is 4.90 Å². The summed E-state index contributed by atoms with van der Waals surface area (Å²) in [5, 5.41) is 0. The average Bonchev–Trinajstić information content (AvgIpc) is 2.08. The van der Waals surface area contributed by atoms with Gasteiger partial charge in [0.25, 0.3) is 0 Å². The summed E-state index contributed by atoms with van der Waals surface area (Å²) < 4.78 is 12.9. The molecule has 12 heavy (non-hydrogen) atoms. The highest BCUT2D eigenvalue weighted by Gasteiger charge is 2.05. The number of halogens is 1. The fourth-order valence-electron chi connectivity index (χ4n) is 1.03. The van der Waals surface area contributed by atoms with Crippen LogP contribution in [0, 0.1) is 12.7 Å². The first-order valence-electron chi connectivity index (χ1n) is 3.60. The minimum atomic E-state index is -0.291. The first-order valence-corrected chi connectivity index (χ1v) is 3.60. The summed E-state index contributed by atoms with van der Waals surface area (Å²) in [6, 6.07) is 4.65. The molecule has 64 valence electrons. The largest absolute Gasteiger partial charge is 0.318 e. The third kappa shape index (κ3) is 1.44. The highest BCUT2D eigenvalue weighted by Crippen LogP contribution is 2.19. The normalized spacial score (nSPS) is 9.58. The van der Waals surface area contributed by atoms with Crippen molar-refractivity contribution < 1.29 is 9.18 Å². The maximum absolute atomic E-state index is 12.9. The van der Waals surface area contributed by atoms with Crippen LogP contribution in [0.3, 0.4) is 0 Å². The van der Waals surface area contributed by atoms with Crippen LogP contribution in [-0.4, -0.2) is 13.5 Å². The van der Waals surface area contributed by atoms with Gasteiger partial charge in [-0.15, -0.1) is 0 Å². The van der Waals surface area contributed by atoms with Crippen LogP contribution in [0.5, 0.6) is 0 Å². The maximum Gasteiger partial charge on any atom is 0.213 e. The van der Waals surface area contributed by atoms with Gasteiger partial charge in [-0.2, -0.15) is 0 Å². The highest BCUT2D eigenvalue weighted by molar-refractivity contribution is 5.76. The number of hydrogen-bond acceptors (Lipinski definition) is 1. The second-order valence-electron chi connectivity index (χ2n) is 2.60.